The number of sulfonamides is 1. The molecule has 0 spiro atoms. The number of nitrogens with zero attached hydrogens (tertiary/aromatic N) is 6. The highest BCUT2D eigenvalue weighted by Crippen LogP contribution is 2.37. The number of benzene rings is 2. The van der Waals surface area contributed by atoms with Crippen molar-refractivity contribution in [2.45, 2.75) is 11.3 Å². The first kappa shape index (κ1) is 26.5. The van der Waals surface area contributed by atoms with Gasteiger partial charge in [0.2, 0.25) is 10.0 Å². The van der Waals surface area contributed by atoms with Crippen LogP contribution >= 0.6 is 0 Å². The third-order valence-electron chi connectivity index (χ3n) is 6.21. The van der Waals surface area contributed by atoms with E-state index in [0.717, 1.165) is 35.4 Å². The second-order valence-corrected chi connectivity index (χ2v) is 10.4. The van der Waals surface area contributed by atoms with Gasteiger partial charge in [0, 0.05) is 37.9 Å². The van der Waals surface area contributed by atoms with Gasteiger partial charge in [-0.3, -0.25) is 0 Å². The van der Waals surface area contributed by atoms with Crippen LogP contribution in [0.3, 0.4) is 0 Å². The van der Waals surface area contributed by atoms with Crippen molar-refractivity contribution in [3.8, 4) is 28.4 Å². The number of anilines is 1. The lowest BCUT2D eigenvalue weighted by Gasteiger charge is -2.36. The van der Waals surface area contributed by atoms with Gasteiger partial charge in [0.25, 0.3) is 5.78 Å². The standard InChI is InChI=1S/C24H23F3N6O5S/c1-36-20-8-3-16(13-21(20)37-2)19-14-28-23-29-15-30-33(23)22(19)31-9-11-32(12-10-31)39(34,35)18-6-4-17(5-7-18)38-24(25,26)27/h3-8,13-15H,9-12H2,1-2H3. The number of fused-ring (bicyclic) bond motifs is 1. The summed E-state index contributed by atoms with van der Waals surface area (Å²) in [6.45, 7) is 0.890. The van der Waals surface area contributed by atoms with E-state index in [-0.39, 0.29) is 18.0 Å². The van der Waals surface area contributed by atoms with Gasteiger partial charge in [-0.15, -0.1) is 13.2 Å². The molecule has 3 heterocycles. The second-order valence-electron chi connectivity index (χ2n) is 8.45. The first-order valence-electron chi connectivity index (χ1n) is 11.6. The van der Waals surface area contributed by atoms with E-state index in [4.69, 9.17) is 9.47 Å². The van der Waals surface area contributed by atoms with E-state index in [1.165, 1.54) is 17.7 Å². The molecule has 0 atom stereocenters. The summed E-state index contributed by atoms with van der Waals surface area (Å²) in [4.78, 5) is 10.4. The summed E-state index contributed by atoms with van der Waals surface area (Å²) in [6, 6.07) is 9.60. The van der Waals surface area contributed by atoms with Gasteiger partial charge in [0.15, 0.2) is 11.5 Å². The number of rotatable bonds is 7. The third kappa shape index (κ3) is 5.27. The molecule has 0 aliphatic carbocycles. The number of methoxy groups -OCH3 is 2. The maximum Gasteiger partial charge on any atom is 0.573 e. The summed E-state index contributed by atoms with van der Waals surface area (Å²) in [7, 11) is -0.861. The van der Waals surface area contributed by atoms with Gasteiger partial charge in [0.05, 0.1) is 19.1 Å². The van der Waals surface area contributed by atoms with Crippen LogP contribution in [0.1, 0.15) is 0 Å². The molecule has 11 nitrogen and oxygen atoms in total. The summed E-state index contributed by atoms with van der Waals surface area (Å²) < 4.78 is 81.3. The summed E-state index contributed by atoms with van der Waals surface area (Å²) in [5.41, 5.74) is 1.51. The Kier molecular flexibility index (Phi) is 6.94. The zero-order valence-corrected chi connectivity index (χ0v) is 21.6. The molecule has 1 aliphatic rings. The molecule has 1 fully saturated rings. The fraction of sp³-hybridized carbons (Fsp3) is 0.292. The summed E-state index contributed by atoms with van der Waals surface area (Å²) >= 11 is 0. The van der Waals surface area contributed by atoms with Gasteiger partial charge >= 0.3 is 6.36 Å². The molecule has 1 aliphatic heterocycles. The molecule has 0 radical (unpaired) electrons. The largest absolute Gasteiger partial charge is 0.573 e. The molecule has 4 aromatic rings. The number of hydrogen-bond donors (Lipinski definition) is 0. The minimum atomic E-state index is -4.87. The van der Waals surface area contributed by atoms with Crippen LogP contribution in [-0.4, -0.2) is 79.1 Å². The Morgan fingerprint density at radius 2 is 1.59 bits per heavy atom. The third-order valence-corrected chi connectivity index (χ3v) is 8.12. The Balaban J connectivity index is 1.41. The number of hydrogen-bond acceptors (Lipinski definition) is 9. The minimum absolute atomic E-state index is 0.126. The molecule has 0 unspecified atom stereocenters. The normalized spacial score (nSPS) is 14.9. The number of ether oxygens (including phenoxy) is 3. The molecule has 2 aromatic carbocycles. The van der Waals surface area contributed by atoms with Gasteiger partial charge < -0.3 is 19.1 Å². The van der Waals surface area contributed by atoms with E-state index in [1.54, 1.807) is 23.9 Å². The van der Waals surface area contributed by atoms with E-state index in [0.29, 0.717) is 36.2 Å². The van der Waals surface area contributed by atoms with Gasteiger partial charge in [-0.05, 0) is 42.0 Å². The SMILES string of the molecule is COc1ccc(-c2cnc3ncnn3c2N2CCN(S(=O)(=O)c3ccc(OC(F)(F)F)cc3)CC2)cc1OC. The molecule has 5 rings (SSSR count). The van der Waals surface area contributed by atoms with Crippen LogP contribution in [0.5, 0.6) is 17.2 Å². The Morgan fingerprint density at radius 3 is 2.23 bits per heavy atom. The van der Waals surface area contributed by atoms with Crippen molar-refractivity contribution in [2.24, 2.45) is 0 Å². The van der Waals surface area contributed by atoms with Crippen LogP contribution in [0, 0.1) is 0 Å². The van der Waals surface area contributed by atoms with Crippen LogP contribution in [0.15, 0.2) is 59.9 Å². The molecule has 39 heavy (non-hydrogen) atoms. The van der Waals surface area contributed by atoms with Gasteiger partial charge in [0.1, 0.15) is 17.9 Å². The van der Waals surface area contributed by atoms with E-state index < -0.39 is 22.1 Å². The zero-order valence-electron chi connectivity index (χ0n) is 20.8. The molecule has 0 saturated carbocycles. The molecular formula is C24H23F3N6O5S. The Hall–Kier alpha value is -4.11. The highest BCUT2D eigenvalue weighted by Gasteiger charge is 2.33. The monoisotopic (exact) mass is 564 g/mol. The predicted molar refractivity (Wildman–Crippen MR) is 133 cm³/mol. The maximum atomic E-state index is 13.2. The Morgan fingerprint density at radius 1 is 0.897 bits per heavy atom. The van der Waals surface area contributed by atoms with Crippen molar-refractivity contribution in [3.05, 3.63) is 55.0 Å². The van der Waals surface area contributed by atoms with Gasteiger partial charge in [-0.25, -0.2) is 13.4 Å². The molecular weight excluding hydrogens is 541 g/mol. The van der Waals surface area contributed by atoms with Gasteiger partial charge in [-0.1, -0.05) is 6.07 Å². The van der Waals surface area contributed by atoms with E-state index >= 15 is 0 Å². The Labute approximate surface area is 221 Å². The zero-order chi connectivity index (χ0) is 27.8. The lowest BCUT2D eigenvalue weighted by Crippen LogP contribution is -2.49. The van der Waals surface area contributed by atoms with Crippen molar-refractivity contribution >= 4 is 21.6 Å². The smallest absolute Gasteiger partial charge is 0.493 e. The van der Waals surface area contributed by atoms with Crippen LogP contribution in [0.2, 0.25) is 0 Å². The highest BCUT2D eigenvalue weighted by molar-refractivity contribution is 7.89. The first-order valence-corrected chi connectivity index (χ1v) is 13.1. The molecule has 1 saturated heterocycles. The van der Waals surface area contributed by atoms with Crippen molar-refractivity contribution < 1.29 is 35.8 Å². The number of halogens is 3. The molecule has 0 N–H and O–H groups in total. The highest BCUT2D eigenvalue weighted by atomic mass is 32.2. The van der Waals surface area contributed by atoms with Crippen LogP contribution in [-0.2, 0) is 10.0 Å². The topological polar surface area (TPSA) is 111 Å². The molecule has 206 valence electrons. The summed E-state index contributed by atoms with van der Waals surface area (Å²) in [5.74, 6) is 1.65. The predicted octanol–water partition coefficient (Wildman–Crippen LogP) is 3.22. The molecule has 15 heteroatoms. The number of piperazine rings is 1. The van der Waals surface area contributed by atoms with E-state index in [9.17, 15) is 21.6 Å². The molecule has 0 bridgehead atoms. The van der Waals surface area contributed by atoms with Crippen LogP contribution < -0.4 is 19.1 Å². The number of aromatic nitrogens is 4. The first-order chi connectivity index (χ1) is 18.6. The van der Waals surface area contributed by atoms with E-state index in [1.807, 2.05) is 17.0 Å². The lowest BCUT2D eigenvalue weighted by molar-refractivity contribution is -0.274. The van der Waals surface area contributed by atoms with Gasteiger partial charge in [-0.2, -0.15) is 18.9 Å². The summed E-state index contributed by atoms with van der Waals surface area (Å²) in [5, 5.41) is 4.33. The van der Waals surface area contributed by atoms with Crippen LogP contribution in [0.25, 0.3) is 16.9 Å². The van der Waals surface area contributed by atoms with Crippen molar-refractivity contribution in [1.29, 1.82) is 0 Å². The minimum Gasteiger partial charge on any atom is -0.493 e. The van der Waals surface area contributed by atoms with E-state index in [2.05, 4.69) is 19.8 Å². The fourth-order valence-corrected chi connectivity index (χ4v) is 5.80. The Bertz CT molecular complexity index is 1590. The number of alkyl halides is 3. The maximum absolute atomic E-state index is 13.2. The summed E-state index contributed by atoms with van der Waals surface area (Å²) in [6.07, 6.45) is -1.81. The van der Waals surface area contributed by atoms with Crippen LogP contribution in [0.4, 0.5) is 19.0 Å². The second kappa shape index (κ2) is 10.2. The van der Waals surface area contributed by atoms with Crippen molar-refractivity contribution in [1.82, 2.24) is 23.9 Å². The quantitative estimate of drug-likeness (QED) is 0.334. The van der Waals surface area contributed by atoms with Crippen molar-refractivity contribution in [2.75, 3.05) is 45.3 Å². The average Bonchev–Trinajstić information content (AvgIpc) is 3.40. The van der Waals surface area contributed by atoms with Crippen molar-refractivity contribution in [3.63, 3.8) is 0 Å². The molecule has 0 amide bonds. The molecule has 2 aromatic heterocycles. The average molecular weight is 565 g/mol. The lowest BCUT2D eigenvalue weighted by atomic mass is 10.1. The fourth-order valence-electron chi connectivity index (χ4n) is 4.38.